The van der Waals surface area contributed by atoms with E-state index in [-0.39, 0.29) is 17.7 Å². The van der Waals surface area contributed by atoms with Crippen LogP contribution in [0.4, 0.5) is 0 Å². The van der Waals surface area contributed by atoms with Gasteiger partial charge in [0.2, 0.25) is 5.91 Å². The van der Waals surface area contributed by atoms with Crippen LogP contribution in [-0.2, 0) is 16.1 Å². The Morgan fingerprint density at radius 3 is 2.14 bits per heavy atom. The highest BCUT2D eigenvalue weighted by Crippen LogP contribution is 2.41. The van der Waals surface area contributed by atoms with Crippen LogP contribution in [0.1, 0.15) is 24.1 Å². The van der Waals surface area contributed by atoms with Crippen LogP contribution in [0.2, 0.25) is 0 Å². The predicted octanol–water partition coefficient (Wildman–Crippen LogP) is 2.98. The molecule has 0 unspecified atom stereocenters. The number of rotatable bonds is 4. The van der Waals surface area contributed by atoms with Crippen molar-refractivity contribution in [2.24, 2.45) is 5.92 Å². The van der Waals surface area contributed by atoms with E-state index < -0.39 is 5.92 Å². The number of likely N-dealkylation sites (tertiary alicyclic amines) is 1. The number of amides is 1. The Balaban J connectivity index is 1.88. The van der Waals surface area contributed by atoms with Crippen LogP contribution in [0, 0.1) is 5.92 Å². The van der Waals surface area contributed by atoms with Gasteiger partial charge in [-0.05, 0) is 18.1 Å². The highest BCUT2D eigenvalue weighted by Gasteiger charge is 2.50. The Bertz CT molecular complexity index is 651. The topological polar surface area (TPSA) is 37.4 Å². The first kappa shape index (κ1) is 13.6. The van der Waals surface area contributed by atoms with Gasteiger partial charge >= 0.3 is 0 Å². The molecule has 0 spiro atoms. The maximum absolute atomic E-state index is 12.3. The van der Waals surface area contributed by atoms with Crippen LogP contribution in [0.15, 0.2) is 60.7 Å². The fourth-order valence-corrected chi connectivity index (χ4v) is 2.92. The first-order valence-electron chi connectivity index (χ1n) is 7.08. The largest absolute Gasteiger partial charge is 0.329 e. The number of Topliss-reactive ketones (excluding diaryl/α,β-unsaturated/α-hetero) is 1. The molecule has 1 aliphatic rings. The predicted molar refractivity (Wildman–Crippen MR) is 80.3 cm³/mol. The van der Waals surface area contributed by atoms with Gasteiger partial charge in [0.1, 0.15) is 11.7 Å². The van der Waals surface area contributed by atoms with Gasteiger partial charge in [-0.25, -0.2) is 0 Å². The first-order valence-corrected chi connectivity index (χ1v) is 7.08. The first-order chi connectivity index (χ1) is 10.2. The number of benzene rings is 2. The molecule has 0 saturated carbocycles. The standard InChI is InChI=1S/C18H17NO2/c1-13(20)16-17(15-10-6-3-7-11-15)19(18(16)21)12-14-8-4-2-5-9-14/h2-11,16-17H,12H2,1H3/t16-,17-/m1/s1. The van der Waals surface area contributed by atoms with Crippen LogP contribution in [0.25, 0.3) is 0 Å². The lowest BCUT2D eigenvalue weighted by molar-refractivity contribution is -0.162. The highest BCUT2D eigenvalue weighted by atomic mass is 16.2. The average Bonchev–Trinajstić information content (AvgIpc) is 2.51. The van der Waals surface area contributed by atoms with E-state index in [2.05, 4.69) is 0 Å². The molecule has 2 aromatic carbocycles. The summed E-state index contributed by atoms with van der Waals surface area (Å²) in [5, 5.41) is 0. The van der Waals surface area contributed by atoms with Gasteiger partial charge in [-0.15, -0.1) is 0 Å². The maximum atomic E-state index is 12.3. The van der Waals surface area contributed by atoms with Gasteiger partial charge in [0.25, 0.3) is 0 Å². The molecule has 3 rings (SSSR count). The summed E-state index contributed by atoms with van der Waals surface area (Å²) in [4.78, 5) is 25.9. The van der Waals surface area contributed by atoms with Crippen molar-refractivity contribution >= 4 is 11.7 Å². The maximum Gasteiger partial charge on any atom is 0.236 e. The smallest absolute Gasteiger partial charge is 0.236 e. The fraction of sp³-hybridized carbons (Fsp3) is 0.222. The number of β-lactam (4-membered cyclic amide) rings is 1. The van der Waals surface area contributed by atoms with E-state index in [9.17, 15) is 9.59 Å². The molecule has 2 atom stereocenters. The second-order valence-corrected chi connectivity index (χ2v) is 5.40. The quantitative estimate of drug-likeness (QED) is 0.637. The van der Waals surface area contributed by atoms with Gasteiger partial charge < -0.3 is 4.90 Å². The molecule has 21 heavy (non-hydrogen) atoms. The lowest BCUT2D eigenvalue weighted by Gasteiger charge is -2.46. The Morgan fingerprint density at radius 1 is 1.00 bits per heavy atom. The normalized spacial score (nSPS) is 21.0. The van der Waals surface area contributed by atoms with Crippen molar-refractivity contribution in [3.05, 3.63) is 71.8 Å². The van der Waals surface area contributed by atoms with Crippen molar-refractivity contribution in [1.82, 2.24) is 4.90 Å². The molecule has 0 N–H and O–H groups in total. The molecule has 3 heteroatoms. The van der Waals surface area contributed by atoms with Crippen LogP contribution in [-0.4, -0.2) is 16.6 Å². The van der Waals surface area contributed by atoms with E-state index >= 15 is 0 Å². The molecule has 106 valence electrons. The van der Waals surface area contributed by atoms with Gasteiger partial charge in [-0.1, -0.05) is 60.7 Å². The zero-order chi connectivity index (χ0) is 14.8. The molecular formula is C18H17NO2. The number of nitrogens with zero attached hydrogens (tertiary/aromatic N) is 1. The number of carbonyl (C=O) groups is 2. The summed E-state index contributed by atoms with van der Waals surface area (Å²) in [6, 6.07) is 19.5. The molecule has 1 amide bonds. The second kappa shape index (κ2) is 5.52. The van der Waals surface area contributed by atoms with Crippen molar-refractivity contribution in [1.29, 1.82) is 0 Å². The minimum absolute atomic E-state index is 0.0573. The SMILES string of the molecule is CC(=O)[C@H]1C(=O)N(Cc2ccccc2)[C@@H]1c1ccccc1. The van der Waals surface area contributed by atoms with Gasteiger partial charge in [-0.2, -0.15) is 0 Å². The molecule has 0 aliphatic carbocycles. The van der Waals surface area contributed by atoms with Crippen molar-refractivity contribution in [2.75, 3.05) is 0 Å². The average molecular weight is 279 g/mol. The molecular weight excluding hydrogens is 262 g/mol. The number of hydrogen-bond acceptors (Lipinski definition) is 2. The van der Waals surface area contributed by atoms with E-state index in [0.717, 1.165) is 11.1 Å². The third-order valence-corrected chi connectivity index (χ3v) is 3.98. The van der Waals surface area contributed by atoms with E-state index in [4.69, 9.17) is 0 Å². The number of carbonyl (C=O) groups excluding carboxylic acids is 2. The molecule has 1 heterocycles. The highest BCUT2D eigenvalue weighted by molar-refractivity contribution is 6.05. The Hall–Kier alpha value is -2.42. The number of hydrogen-bond donors (Lipinski definition) is 0. The van der Waals surface area contributed by atoms with Crippen LogP contribution in [0.3, 0.4) is 0 Å². The lowest BCUT2D eigenvalue weighted by atomic mass is 9.79. The third-order valence-electron chi connectivity index (χ3n) is 3.98. The van der Waals surface area contributed by atoms with E-state index in [1.54, 1.807) is 4.90 Å². The zero-order valence-corrected chi connectivity index (χ0v) is 11.9. The Morgan fingerprint density at radius 2 is 1.57 bits per heavy atom. The molecule has 2 aromatic rings. The monoisotopic (exact) mass is 279 g/mol. The van der Waals surface area contributed by atoms with Gasteiger partial charge in [0.15, 0.2) is 0 Å². The molecule has 1 saturated heterocycles. The minimum Gasteiger partial charge on any atom is -0.329 e. The number of ketones is 1. The van der Waals surface area contributed by atoms with Gasteiger partial charge in [-0.3, -0.25) is 9.59 Å². The van der Waals surface area contributed by atoms with Crippen molar-refractivity contribution < 1.29 is 9.59 Å². The summed E-state index contributed by atoms with van der Waals surface area (Å²) >= 11 is 0. The van der Waals surface area contributed by atoms with Crippen LogP contribution in [0.5, 0.6) is 0 Å². The van der Waals surface area contributed by atoms with Crippen molar-refractivity contribution in [2.45, 2.75) is 19.5 Å². The fourth-order valence-electron chi connectivity index (χ4n) is 2.92. The summed E-state index contributed by atoms with van der Waals surface area (Å²) in [6.07, 6.45) is 0. The second-order valence-electron chi connectivity index (χ2n) is 5.40. The Labute approximate surface area is 124 Å². The summed E-state index contributed by atoms with van der Waals surface area (Å²) in [7, 11) is 0. The molecule has 3 nitrogen and oxygen atoms in total. The molecule has 0 radical (unpaired) electrons. The van der Waals surface area contributed by atoms with Crippen LogP contribution < -0.4 is 0 Å². The zero-order valence-electron chi connectivity index (χ0n) is 11.9. The molecule has 0 aromatic heterocycles. The van der Waals surface area contributed by atoms with E-state index in [1.165, 1.54) is 6.92 Å². The van der Waals surface area contributed by atoms with E-state index in [0.29, 0.717) is 6.54 Å². The van der Waals surface area contributed by atoms with E-state index in [1.807, 2.05) is 60.7 Å². The lowest BCUT2D eigenvalue weighted by Crippen LogP contribution is -2.56. The summed E-state index contributed by atoms with van der Waals surface area (Å²) in [5.41, 5.74) is 2.10. The summed E-state index contributed by atoms with van der Waals surface area (Å²) in [5.74, 6) is -0.658. The van der Waals surface area contributed by atoms with Crippen molar-refractivity contribution in [3.8, 4) is 0 Å². The van der Waals surface area contributed by atoms with Crippen LogP contribution >= 0.6 is 0 Å². The molecule has 1 fully saturated rings. The Kier molecular flexibility index (Phi) is 3.57. The third kappa shape index (κ3) is 2.47. The molecule has 1 aliphatic heterocycles. The summed E-state index contributed by atoms with van der Waals surface area (Å²) in [6.45, 7) is 2.04. The van der Waals surface area contributed by atoms with Gasteiger partial charge in [0.05, 0.1) is 6.04 Å². The van der Waals surface area contributed by atoms with Crippen molar-refractivity contribution in [3.63, 3.8) is 0 Å². The molecule has 0 bridgehead atoms. The van der Waals surface area contributed by atoms with Gasteiger partial charge in [0, 0.05) is 6.54 Å². The summed E-state index contributed by atoms with van der Waals surface area (Å²) < 4.78 is 0. The minimum atomic E-state index is -0.531.